The number of carbonyl (C=O) groups excluding carboxylic acids is 1. The summed E-state index contributed by atoms with van der Waals surface area (Å²) in [7, 11) is 1.55. The van der Waals surface area contributed by atoms with E-state index in [1.54, 1.807) is 49.6 Å². The van der Waals surface area contributed by atoms with E-state index < -0.39 is 0 Å². The number of nitrogens with zero attached hydrogens (tertiary/aromatic N) is 1. The normalized spacial score (nSPS) is 16.5. The van der Waals surface area contributed by atoms with E-state index in [1.807, 2.05) is 6.92 Å². The number of halogens is 2. The largest absolute Gasteiger partial charge is 0.493 e. The fourth-order valence-corrected chi connectivity index (χ4v) is 3.67. The van der Waals surface area contributed by atoms with E-state index in [0.717, 1.165) is 12.0 Å². The van der Waals surface area contributed by atoms with Crippen molar-refractivity contribution in [1.82, 2.24) is 5.32 Å². The number of carbonyl (C=O) groups is 1. The average Bonchev–Trinajstić information content (AvgIpc) is 3.01. The van der Waals surface area contributed by atoms with Gasteiger partial charge in [-0.05, 0) is 66.2 Å². The molecule has 2 aromatic carbocycles. The summed E-state index contributed by atoms with van der Waals surface area (Å²) < 4.78 is 11.0. The third-order valence-corrected chi connectivity index (χ3v) is 5.15. The van der Waals surface area contributed by atoms with Crippen LogP contribution in [0.1, 0.15) is 18.9 Å². The monoisotopic (exact) mass is 436 g/mol. The number of thioether (sulfide) groups is 1. The highest BCUT2D eigenvalue weighted by Gasteiger charge is 2.24. The second-order valence-corrected chi connectivity index (χ2v) is 7.72. The van der Waals surface area contributed by atoms with Gasteiger partial charge in [0.1, 0.15) is 0 Å². The molecule has 1 heterocycles. The van der Waals surface area contributed by atoms with Gasteiger partial charge in [-0.3, -0.25) is 4.79 Å². The van der Waals surface area contributed by atoms with Crippen molar-refractivity contribution in [2.24, 2.45) is 4.99 Å². The zero-order valence-corrected chi connectivity index (χ0v) is 17.6. The number of benzene rings is 2. The van der Waals surface area contributed by atoms with Crippen LogP contribution in [0.3, 0.4) is 0 Å². The number of rotatable bonds is 6. The van der Waals surface area contributed by atoms with Crippen LogP contribution in [-0.2, 0) is 4.79 Å². The molecule has 0 unspecified atom stereocenters. The SMILES string of the molecule is CCCOc1c(Cl)cc(/C=C2\SC(=Nc3ccc(Cl)cc3)NC2=O)cc1OC. The van der Waals surface area contributed by atoms with Crippen LogP contribution in [0.2, 0.25) is 10.0 Å². The molecule has 1 aliphatic heterocycles. The summed E-state index contributed by atoms with van der Waals surface area (Å²) in [6.45, 7) is 2.55. The minimum atomic E-state index is -0.223. The van der Waals surface area contributed by atoms with Crippen LogP contribution in [-0.4, -0.2) is 24.8 Å². The van der Waals surface area contributed by atoms with Crippen molar-refractivity contribution in [3.63, 3.8) is 0 Å². The smallest absolute Gasteiger partial charge is 0.264 e. The van der Waals surface area contributed by atoms with Crippen molar-refractivity contribution in [1.29, 1.82) is 0 Å². The van der Waals surface area contributed by atoms with Gasteiger partial charge in [-0.15, -0.1) is 0 Å². The number of hydrogen-bond acceptors (Lipinski definition) is 5. The van der Waals surface area contributed by atoms with E-state index in [0.29, 0.717) is 43.9 Å². The highest BCUT2D eigenvalue weighted by Crippen LogP contribution is 2.38. The molecule has 0 spiro atoms. The summed E-state index contributed by atoms with van der Waals surface area (Å²) in [6, 6.07) is 10.6. The summed E-state index contributed by atoms with van der Waals surface area (Å²) in [6.07, 6.45) is 2.60. The molecule has 28 heavy (non-hydrogen) atoms. The second-order valence-electron chi connectivity index (χ2n) is 5.84. The number of hydrogen-bond donors (Lipinski definition) is 1. The fourth-order valence-electron chi connectivity index (χ4n) is 2.43. The van der Waals surface area contributed by atoms with Gasteiger partial charge in [0, 0.05) is 5.02 Å². The van der Waals surface area contributed by atoms with Crippen LogP contribution in [0, 0.1) is 0 Å². The molecule has 0 bridgehead atoms. The summed E-state index contributed by atoms with van der Waals surface area (Å²) in [5, 5.41) is 4.31. The number of ether oxygens (including phenoxy) is 2. The Hall–Kier alpha value is -2.15. The van der Waals surface area contributed by atoms with E-state index in [9.17, 15) is 4.79 Å². The Morgan fingerprint density at radius 1 is 1.21 bits per heavy atom. The van der Waals surface area contributed by atoms with E-state index >= 15 is 0 Å². The van der Waals surface area contributed by atoms with Gasteiger partial charge < -0.3 is 14.8 Å². The van der Waals surface area contributed by atoms with E-state index in [1.165, 1.54) is 11.8 Å². The Morgan fingerprint density at radius 2 is 1.96 bits per heavy atom. The first kappa shape index (κ1) is 20.6. The Kier molecular flexibility index (Phi) is 6.88. The fraction of sp³-hybridized carbons (Fsp3) is 0.200. The zero-order chi connectivity index (χ0) is 20.1. The van der Waals surface area contributed by atoms with E-state index in [-0.39, 0.29) is 5.91 Å². The molecule has 1 N–H and O–H groups in total. The van der Waals surface area contributed by atoms with Crippen LogP contribution >= 0.6 is 35.0 Å². The van der Waals surface area contributed by atoms with Gasteiger partial charge >= 0.3 is 0 Å². The lowest BCUT2D eigenvalue weighted by molar-refractivity contribution is -0.115. The minimum Gasteiger partial charge on any atom is -0.493 e. The number of aliphatic imine (C=N–C) groups is 1. The van der Waals surface area contributed by atoms with Crippen molar-refractivity contribution in [2.45, 2.75) is 13.3 Å². The summed E-state index contributed by atoms with van der Waals surface area (Å²) in [5.74, 6) is 0.798. The van der Waals surface area contributed by atoms with Crippen LogP contribution < -0.4 is 14.8 Å². The molecule has 146 valence electrons. The highest BCUT2D eigenvalue weighted by molar-refractivity contribution is 8.18. The van der Waals surface area contributed by atoms with Crippen molar-refractivity contribution in [3.8, 4) is 11.5 Å². The average molecular weight is 437 g/mol. The van der Waals surface area contributed by atoms with Crippen LogP contribution in [0.4, 0.5) is 5.69 Å². The summed E-state index contributed by atoms with van der Waals surface area (Å²) >= 11 is 13.5. The van der Waals surface area contributed by atoms with Crippen molar-refractivity contribution < 1.29 is 14.3 Å². The van der Waals surface area contributed by atoms with Gasteiger partial charge in [-0.25, -0.2) is 4.99 Å². The van der Waals surface area contributed by atoms with E-state index in [4.69, 9.17) is 32.7 Å². The van der Waals surface area contributed by atoms with Crippen LogP contribution in [0.5, 0.6) is 11.5 Å². The molecule has 1 amide bonds. The summed E-state index contributed by atoms with van der Waals surface area (Å²) in [4.78, 5) is 17.2. The lowest BCUT2D eigenvalue weighted by atomic mass is 10.2. The number of methoxy groups -OCH3 is 1. The number of amidine groups is 1. The number of amides is 1. The molecule has 0 aliphatic carbocycles. The lowest BCUT2D eigenvalue weighted by Crippen LogP contribution is -2.19. The maximum atomic E-state index is 12.3. The quantitative estimate of drug-likeness (QED) is 0.591. The van der Waals surface area contributed by atoms with Crippen LogP contribution in [0.25, 0.3) is 6.08 Å². The van der Waals surface area contributed by atoms with Crippen molar-refractivity contribution in [3.05, 3.63) is 56.9 Å². The van der Waals surface area contributed by atoms with E-state index in [2.05, 4.69) is 10.3 Å². The van der Waals surface area contributed by atoms with Gasteiger partial charge in [0.2, 0.25) is 0 Å². The summed E-state index contributed by atoms with van der Waals surface area (Å²) in [5.41, 5.74) is 1.44. The Balaban J connectivity index is 1.84. The predicted molar refractivity (Wildman–Crippen MR) is 116 cm³/mol. The maximum Gasteiger partial charge on any atom is 0.264 e. The molecular weight excluding hydrogens is 419 g/mol. The van der Waals surface area contributed by atoms with Gasteiger partial charge in [0.15, 0.2) is 16.7 Å². The third-order valence-electron chi connectivity index (χ3n) is 3.71. The molecule has 0 radical (unpaired) electrons. The zero-order valence-electron chi connectivity index (χ0n) is 15.3. The van der Waals surface area contributed by atoms with Gasteiger partial charge in [0.25, 0.3) is 5.91 Å². The Labute approximate surface area is 177 Å². The maximum absolute atomic E-state index is 12.3. The topological polar surface area (TPSA) is 59.9 Å². The van der Waals surface area contributed by atoms with Gasteiger partial charge in [-0.2, -0.15) is 0 Å². The second kappa shape index (κ2) is 9.37. The molecule has 1 saturated heterocycles. The highest BCUT2D eigenvalue weighted by atomic mass is 35.5. The molecule has 1 aliphatic rings. The first-order valence-corrected chi connectivity index (χ1v) is 10.1. The standard InChI is InChI=1S/C20H18Cl2N2O3S/c1-3-8-27-18-15(22)9-12(10-16(18)26-2)11-17-19(25)24-20(28-17)23-14-6-4-13(21)5-7-14/h4-7,9-11H,3,8H2,1-2H3,(H,23,24,25)/b17-11-. The lowest BCUT2D eigenvalue weighted by Gasteiger charge is -2.12. The molecule has 0 saturated carbocycles. The van der Waals surface area contributed by atoms with Crippen molar-refractivity contribution in [2.75, 3.05) is 13.7 Å². The van der Waals surface area contributed by atoms with Crippen molar-refractivity contribution >= 4 is 57.8 Å². The molecule has 5 nitrogen and oxygen atoms in total. The first-order chi connectivity index (χ1) is 13.5. The minimum absolute atomic E-state index is 0.223. The Morgan fingerprint density at radius 3 is 2.64 bits per heavy atom. The number of nitrogens with one attached hydrogen (secondary N) is 1. The van der Waals surface area contributed by atoms with Gasteiger partial charge in [0.05, 0.1) is 29.3 Å². The van der Waals surface area contributed by atoms with Gasteiger partial charge in [-0.1, -0.05) is 30.1 Å². The molecule has 1 fully saturated rings. The Bertz CT molecular complexity index is 943. The molecule has 8 heteroatoms. The molecular formula is C20H18Cl2N2O3S. The van der Waals surface area contributed by atoms with Crippen LogP contribution in [0.15, 0.2) is 46.3 Å². The molecule has 0 aromatic heterocycles. The first-order valence-electron chi connectivity index (χ1n) is 8.55. The molecule has 0 atom stereocenters. The molecule has 3 rings (SSSR count). The molecule has 2 aromatic rings. The third kappa shape index (κ3) is 5.01. The predicted octanol–water partition coefficient (Wildman–Crippen LogP) is 5.68.